The maximum Gasteiger partial charge on any atom is 0.289 e. The van der Waals surface area contributed by atoms with Gasteiger partial charge in [-0.15, -0.1) is 0 Å². The molecule has 22 heavy (non-hydrogen) atoms. The normalized spacial score (nSPS) is 19.0. The van der Waals surface area contributed by atoms with Crippen LogP contribution in [0.4, 0.5) is 5.69 Å². The number of piperidine rings is 1. The first kappa shape index (κ1) is 16.8. The minimum absolute atomic E-state index is 0.177. The molecule has 0 radical (unpaired) electrons. The average Bonchev–Trinajstić information content (AvgIpc) is 2.54. The van der Waals surface area contributed by atoms with Crippen LogP contribution in [-0.4, -0.2) is 50.7 Å². The molecule has 1 aromatic carbocycles. The summed E-state index contributed by atoms with van der Waals surface area (Å²) in [7, 11) is -0.905. The van der Waals surface area contributed by atoms with Crippen LogP contribution in [0.3, 0.4) is 0 Å². The Morgan fingerprint density at radius 2 is 1.73 bits per heavy atom. The van der Waals surface area contributed by atoms with Crippen molar-refractivity contribution in [3.8, 4) is 0 Å². The van der Waals surface area contributed by atoms with Crippen molar-refractivity contribution in [1.82, 2.24) is 4.31 Å². The number of hydrogen-bond donors (Lipinski definition) is 0. The van der Waals surface area contributed by atoms with Crippen molar-refractivity contribution in [3.63, 3.8) is 0 Å². The lowest BCUT2D eigenvalue weighted by atomic mass is 10.1. The highest BCUT2D eigenvalue weighted by Crippen LogP contribution is 2.32. The number of rotatable bonds is 5. The van der Waals surface area contributed by atoms with Crippen molar-refractivity contribution in [2.45, 2.75) is 23.5 Å². The Balaban J connectivity index is 2.28. The smallest absolute Gasteiger partial charge is 0.289 e. The van der Waals surface area contributed by atoms with Crippen LogP contribution >= 0.6 is 0 Å². The maximum absolute atomic E-state index is 12.6. The molecule has 2 rings (SSSR count). The molecule has 0 saturated carbocycles. The molecule has 1 saturated heterocycles. The molecule has 0 spiro atoms. The monoisotopic (exact) mass is 330 g/mol. The van der Waals surface area contributed by atoms with Gasteiger partial charge in [-0.05, 0) is 6.07 Å². The summed E-state index contributed by atoms with van der Waals surface area (Å²) in [6, 6.07) is 5.35. The molecule has 0 bridgehead atoms. The zero-order chi connectivity index (χ0) is 16.4. The van der Waals surface area contributed by atoms with Crippen molar-refractivity contribution in [2.24, 2.45) is 0 Å². The number of nitrogens with zero attached hydrogens (tertiary/aromatic N) is 2. The Labute approximate surface area is 128 Å². The highest BCUT2D eigenvalue weighted by Gasteiger charge is 2.40. The summed E-state index contributed by atoms with van der Waals surface area (Å²) in [6.07, 6.45) is 0.722. The summed E-state index contributed by atoms with van der Waals surface area (Å²) in [5.41, 5.74) is -0.419. The third kappa shape index (κ3) is 2.98. The molecule has 1 aromatic rings. The first-order valence-electron chi connectivity index (χ1n) is 6.70. The van der Waals surface area contributed by atoms with Gasteiger partial charge in [0.2, 0.25) is 10.0 Å². The molecule has 0 N–H and O–H groups in total. The Morgan fingerprint density at radius 1 is 1.18 bits per heavy atom. The fraction of sp³-hybridized carbons (Fsp3) is 0.538. The average molecular weight is 330 g/mol. The standard InChI is InChI=1S/C13H18N2O6S/c1-20-13(21-2)7-9-14(10-8-13)22(18,19)12-6-4-3-5-11(12)15(16)17/h3-6H,7-10H2,1-2H3. The zero-order valence-corrected chi connectivity index (χ0v) is 13.2. The molecule has 0 aromatic heterocycles. The molecule has 0 amide bonds. The van der Waals surface area contributed by atoms with Gasteiger partial charge in [0.05, 0.1) is 4.92 Å². The van der Waals surface area contributed by atoms with Crippen molar-refractivity contribution in [3.05, 3.63) is 34.4 Å². The number of sulfonamides is 1. The third-order valence-electron chi connectivity index (χ3n) is 3.91. The third-order valence-corrected chi connectivity index (χ3v) is 5.85. The second kappa shape index (κ2) is 6.29. The van der Waals surface area contributed by atoms with Crippen LogP contribution < -0.4 is 0 Å². The summed E-state index contributed by atoms with van der Waals surface area (Å²) >= 11 is 0. The molecule has 1 aliphatic rings. The molecule has 9 heteroatoms. The van der Waals surface area contributed by atoms with E-state index in [1.54, 1.807) is 0 Å². The van der Waals surface area contributed by atoms with Gasteiger partial charge in [0.1, 0.15) is 0 Å². The molecule has 8 nitrogen and oxygen atoms in total. The number of nitro groups is 1. The topological polar surface area (TPSA) is 99.0 Å². The number of benzene rings is 1. The van der Waals surface area contributed by atoms with Crippen molar-refractivity contribution >= 4 is 15.7 Å². The van der Waals surface area contributed by atoms with Gasteiger partial charge < -0.3 is 9.47 Å². The summed E-state index contributed by atoms with van der Waals surface area (Å²) in [5.74, 6) is -0.797. The van der Waals surface area contributed by atoms with Crippen LogP contribution in [0, 0.1) is 10.1 Å². The maximum atomic E-state index is 12.6. The van der Waals surface area contributed by atoms with E-state index in [2.05, 4.69) is 0 Å². The molecule has 122 valence electrons. The van der Waals surface area contributed by atoms with E-state index in [0.29, 0.717) is 12.8 Å². The van der Waals surface area contributed by atoms with E-state index in [4.69, 9.17) is 9.47 Å². The molecule has 1 aliphatic heterocycles. The van der Waals surface area contributed by atoms with Crippen LogP contribution in [-0.2, 0) is 19.5 Å². The van der Waals surface area contributed by atoms with E-state index in [0.717, 1.165) is 0 Å². The fourth-order valence-corrected chi connectivity index (χ4v) is 4.12. The highest BCUT2D eigenvalue weighted by molar-refractivity contribution is 7.89. The van der Waals surface area contributed by atoms with Crippen LogP contribution in [0.2, 0.25) is 0 Å². The quantitative estimate of drug-likeness (QED) is 0.459. The number of nitro benzene ring substituents is 1. The summed E-state index contributed by atoms with van der Waals surface area (Å²) < 4.78 is 37.1. The Bertz CT molecular complexity index is 646. The largest absolute Gasteiger partial charge is 0.353 e. The van der Waals surface area contributed by atoms with Gasteiger partial charge in [-0.2, -0.15) is 4.31 Å². The van der Waals surface area contributed by atoms with Crippen molar-refractivity contribution in [1.29, 1.82) is 0 Å². The predicted molar refractivity (Wildman–Crippen MR) is 77.8 cm³/mol. The SMILES string of the molecule is COC1(OC)CCN(S(=O)(=O)c2ccccc2[N+](=O)[O-])CC1. The zero-order valence-electron chi connectivity index (χ0n) is 12.4. The van der Waals surface area contributed by atoms with E-state index in [1.165, 1.54) is 42.8 Å². The Morgan fingerprint density at radius 3 is 2.23 bits per heavy atom. The highest BCUT2D eigenvalue weighted by atomic mass is 32.2. The van der Waals surface area contributed by atoms with Gasteiger partial charge >= 0.3 is 0 Å². The minimum Gasteiger partial charge on any atom is -0.353 e. The Kier molecular flexibility index (Phi) is 4.81. The minimum atomic E-state index is -3.92. The van der Waals surface area contributed by atoms with Crippen LogP contribution in [0.25, 0.3) is 0 Å². The Hall–Kier alpha value is -1.55. The van der Waals surface area contributed by atoms with Gasteiger partial charge in [0, 0.05) is 46.2 Å². The molecular formula is C13H18N2O6S. The number of methoxy groups -OCH3 is 2. The van der Waals surface area contributed by atoms with Gasteiger partial charge in [-0.1, -0.05) is 12.1 Å². The van der Waals surface area contributed by atoms with Crippen LogP contribution in [0.1, 0.15) is 12.8 Å². The van der Waals surface area contributed by atoms with Crippen molar-refractivity contribution in [2.75, 3.05) is 27.3 Å². The van der Waals surface area contributed by atoms with E-state index < -0.39 is 26.4 Å². The second-order valence-corrected chi connectivity index (χ2v) is 6.85. The van der Waals surface area contributed by atoms with E-state index in [-0.39, 0.29) is 18.0 Å². The molecule has 1 fully saturated rings. The first-order chi connectivity index (χ1) is 10.4. The molecule has 1 heterocycles. The molecule has 0 aliphatic carbocycles. The molecule has 0 unspecified atom stereocenters. The number of para-hydroxylation sites is 1. The first-order valence-corrected chi connectivity index (χ1v) is 8.14. The number of hydrogen-bond acceptors (Lipinski definition) is 6. The lowest BCUT2D eigenvalue weighted by Gasteiger charge is -2.38. The van der Waals surface area contributed by atoms with E-state index in [1.807, 2.05) is 0 Å². The van der Waals surface area contributed by atoms with Gasteiger partial charge in [0.15, 0.2) is 10.7 Å². The fourth-order valence-electron chi connectivity index (χ4n) is 2.52. The molecule has 0 atom stereocenters. The lowest BCUT2D eigenvalue weighted by molar-refractivity contribution is -0.387. The van der Waals surface area contributed by atoms with Crippen molar-refractivity contribution < 1.29 is 22.8 Å². The van der Waals surface area contributed by atoms with E-state index >= 15 is 0 Å². The van der Waals surface area contributed by atoms with Gasteiger partial charge in [-0.25, -0.2) is 8.42 Å². The lowest BCUT2D eigenvalue weighted by Crippen LogP contribution is -2.48. The summed E-state index contributed by atoms with van der Waals surface area (Å²) in [5, 5.41) is 11.0. The summed E-state index contributed by atoms with van der Waals surface area (Å²) in [4.78, 5) is 10.1. The summed E-state index contributed by atoms with van der Waals surface area (Å²) in [6.45, 7) is 0.353. The van der Waals surface area contributed by atoms with E-state index in [9.17, 15) is 18.5 Å². The van der Waals surface area contributed by atoms with Gasteiger partial charge in [-0.3, -0.25) is 10.1 Å². The van der Waals surface area contributed by atoms with Crippen LogP contribution in [0.5, 0.6) is 0 Å². The number of ether oxygens (including phenoxy) is 2. The van der Waals surface area contributed by atoms with Gasteiger partial charge in [0.25, 0.3) is 5.69 Å². The molecular weight excluding hydrogens is 312 g/mol. The second-order valence-electron chi connectivity index (χ2n) is 4.95. The predicted octanol–water partition coefficient (Wildman–Crippen LogP) is 1.37. The van der Waals surface area contributed by atoms with Crippen LogP contribution in [0.15, 0.2) is 29.2 Å².